The number of nitrogens with zero attached hydrogens (tertiary/aromatic N) is 1. The third kappa shape index (κ3) is 4.28. The van der Waals surface area contributed by atoms with Gasteiger partial charge in [0.15, 0.2) is 0 Å². The van der Waals surface area contributed by atoms with Crippen molar-refractivity contribution in [2.45, 2.75) is 83.5 Å². The number of ether oxygens (including phenoxy) is 1. The number of hydrogen-bond donors (Lipinski definition) is 1. The molecule has 0 unspecified atom stereocenters. The van der Waals surface area contributed by atoms with Crippen molar-refractivity contribution in [3.63, 3.8) is 0 Å². The van der Waals surface area contributed by atoms with Crippen LogP contribution in [0.25, 0.3) is 0 Å². The van der Waals surface area contributed by atoms with Crippen molar-refractivity contribution in [3.8, 4) is 0 Å². The number of esters is 1. The summed E-state index contributed by atoms with van der Waals surface area (Å²) in [5, 5.41) is 1.89. The predicted molar refractivity (Wildman–Crippen MR) is 99.4 cm³/mol. The van der Waals surface area contributed by atoms with Gasteiger partial charge in [-0.1, -0.05) is 32.1 Å². The first-order valence-electron chi connectivity index (χ1n) is 9.98. The normalized spacial score (nSPS) is 23.7. The fraction of sp³-hybridized carbons (Fsp3) is 0.750. The maximum Gasteiger partial charge on any atom is 0.425 e. The van der Waals surface area contributed by atoms with Crippen molar-refractivity contribution >= 4 is 17.8 Å². The van der Waals surface area contributed by atoms with E-state index >= 15 is 0 Å². The molecule has 0 aromatic rings. The van der Waals surface area contributed by atoms with E-state index < -0.39 is 41.1 Å². The topological polar surface area (TPSA) is 75.7 Å². The Hall–Kier alpha value is -2.06. The summed E-state index contributed by atoms with van der Waals surface area (Å²) in [6.07, 6.45) is 0.243. The highest BCUT2D eigenvalue weighted by Crippen LogP contribution is 2.45. The highest BCUT2D eigenvalue weighted by molar-refractivity contribution is 6.10. The molecule has 0 aromatic carbocycles. The zero-order valence-electron chi connectivity index (χ0n) is 17.3. The summed E-state index contributed by atoms with van der Waals surface area (Å²) in [4.78, 5) is 38.6. The number of halogens is 3. The molecule has 2 aliphatic rings. The van der Waals surface area contributed by atoms with Gasteiger partial charge in [0, 0.05) is 18.2 Å². The molecule has 2 rings (SSSR count). The molecule has 6 nitrogen and oxygen atoms in total. The lowest BCUT2D eigenvalue weighted by Crippen LogP contribution is -2.66. The van der Waals surface area contributed by atoms with Gasteiger partial charge >= 0.3 is 12.1 Å². The summed E-state index contributed by atoms with van der Waals surface area (Å²) in [6.45, 7) is 4.33. The van der Waals surface area contributed by atoms with E-state index in [9.17, 15) is 27.6 Å². The fourth-order valence-electron chi connectivity index (χ4n) is 4.39. The van der Waals surface area contributed by atoms with Crippen LogP contribution in [0.15, 0.2) is 11.3 Å². The Bertz CT molecular complexity index is 696. The standard InChI is InChI=1S/C20H29F3N2O4/c1-12(2)25-13(3)16(17(27)29-4)19(18(25)28,20(21,22)23)24-15(26)11-10-14-8-6-5-7-9-14/h12,14H,5-11H2,1-4H3,(H,24,26)/t19-/m1/s1. The van der Waals surface area contributed by atoms with E-state index in [4.69, 9.17) is 0 Å². The van der Waals surface area contributed by atoms with Gasteiger partial charge in [-0.25, -0.2) is 4.79 Å². The maximum absolute atomic E-state index is 14.3. The molecule has 9 heteroatoms. The number of amides is 2. The van der Waals surface area contributed by atoms with Crippen LogP contribution in [0.5, 0.6) is 0 Å². The molecule has 164 valence electrons. The van der Waals surface area contributed by atoms with E-state index in [1.54, 1.807) is 0 Å². The van der Waals surface area contributed by atoms with Crippen LogP contribution in [0.3, 0.4) is 0 Å². The van der Waals surface area contributed by atoms with Gasteiger partial charge in [-0.3, -0.25) is 9.59 Å². The van der Waals surface area contributed by atoms with Crippen molar-refractivity contribution < 1.29 is 32.3 Å². The fourth-order valence-corrected chi connectivity index (χ4v) is 4.39. The highest BCUT2D eigenvalue weighted by Gasteiger charge is 2.71. The van der Waals surface area contributed by atoms with Gasteiger partial charge in [0.2, 0.25) is 11.4 Å². The van der Waals surface area contributed by atoms with Gasteiger partial charge in [0.1, 0.15) is 5.57 Å². The number of hydrogen-bond acceptors (Lipinski definition) is 4. The van der Waals surface area contributed by atoms with Crippen molar-refractivity contribution in [1.29, 1.82) is 0 Å². The van der Waals surface area contributed by atoms with Crippen molar-refractivity contribution in [2.75, 3.05) is 7.11 Å². The number of allylic oxidation sites excluding steroid dienone is 1. The molecule has 1 saturated carbocycles. The molecule has 1 aliphatic carbocycles. The second kappa shape index (κ2) is 8.75. The van der Waals surface area contributed by atoms with Crippen LogP contribution in [-0.2, 0) is 19.1 Å². The van der Waals surface area contributed by atoms with Crippen LogP contribution in [0.2, 0.25) is 0 Å². The SMILES string of the molecule is COC(=O)C1=C(C)N(C(C)C)C(=O)[C@@]1(NC(=O)CCC1CCCCC1)C(F)(F)F. The first-order valence-corrected chi connectivity index (χ1v) is 9.98. The number of carbonyl (C=O) groups is 3. The third-order valence-electron chi connectivity index (χ3n) is 5.80. The first-order chi connectivity index (χ1) is 13.5. The van der Waals surface area contributed by atoms with Crippen LogP contribution in [0, 0.1) is 5.92 Å². The predicted octanol–water partition coefficient (Wildman–Crippen LogP) is 3.46. The van der Waals surface area contributed by atoms with E-state index in [0.717, 1.165) is 44.1 Å². The Labute approximate surface area is 168 Å². The Kier molecular flexibility index (Phi) is 7.01. The third-order valence-corrected chi connectivity index (χ3v) is 5.80. The van der Waals surface area contributed by atoms with E-state index in [2.05, 4.69) is 4.74 Å². The van der Waals surface area contributed by atoms with Crippen molar-refractivity contribution in [2.24, 2.45) is 5.92 Å². The van der Waals surface area contributed by atoms with E-state index in [1.165, 1.54) is 20.8 Å². The molecule has 1 N–H and O–H groups in total. The lowest BCUT2D eigenvalue weighted by molar-refractivity contribution is -0.196. The summed E-state index contributed by atoms with van der Waals surface area (Å²) >= 11 is 0. The second-order valence-corrected chi connectivity index (χ2v) is 8.06. The largest absolute Gasteiger partial charge is 0.466 e. The van der Waals surface area contributed by atoms with Crippen LogP contribution < -0.4 is 5.32 Å². The average molecular weight is 418 g/mol. The van der Waals surface area contributed by atoms with E-state index in [-0.39, 0.29) is 12.1 Å². The van der Waals surface area contributed by atoms with Crippen LogP contribution >= 0.6 is 0 Å². The molecular weight excluding hydrogens is 389 g/mol. The molecule has 1 atom stereocenters. The number of nitrogens with one attached hydrogen (secondary N) is 1. The van der Waals surface area contributed by atoms with Crippen molar-refractivity contribution in [3.05, 3.63) is 11.3 Å². The van der Waals surface area contributed by atoms with Gasteiger partial charge in [-0.05, 0) is 33.1 Å². The number of methoxy groups -OCH3 is 1. The molecule has 0 aromatic heterocycles. The molecule has 2 amide bonds. The molecule has 0 saturated heterocycles. The maximum atomic E-state index is 14.3. The molecule has 0 radical (unpaired) electrons. The molecule has 29 heavy (non-hydrogen) atoms. The smallest absolute Gasteiger partial charge is 0.425 e. The summed E-state index contributed by atoms with van der Waals surface area (Å²) in [5.74, 6) is -3.28. The summed E-state index contributed by atoms with van der Waals surface area (Å²) in [7, 11) is 0.942. The average Bonchev–Trinajstić information content (AvgIpc) is 2.87. The molecule has 0 spiro atoms. The molecule has 1 aliphatic heterocycles. The zero-order chi connectivity index (χ0) is 22.0. The molecule has 1 heterocycles. The van der Waals surface area contributed by atoms with Crippen LogP contribution in [-0.4, -0.2) is 47.6 Å². The van der Waals surface area contributed by atoms with Crippen molar-refractivity contribution in [1.82, 2.24) is 10.2 Å². The van der Waals surface area contributed by atoms with Gasteiger partial charge in [-0.2, -0.15) is 13.2 Å². The Morgan fingerprint density at radius 2 is 1.83 bits per heavy atom. The van der Waals surface area contributed by atoms with Gasteiger partial charge in [-0.15, -0.1) is 0 Å². The first kappa shape index (κ1) is 23.2. The Morgan fingerprint density at radius 3 is 2.31 bits per heavy atom. The number of rotatable bonds is 6. The minimum Gasteiger partial charge on any atom is -0.466 e. The summed E-state index contributed by atoms with van der Waals surface area (Å²) in [5.41, 5.74) is -4.48. The number of alkyl halides is 3. The van der Waals surface area contributed by atoms with Crippen LogP contribution in [0.4, 0.5) is 13.2 Å². The monoisotopic (exact) mass is 418 g/mol. The van der Waals surface area contributed by atoms with E-state index in [1.807, 2.05) is 5.32 Å². The van der Waals surface area contributed by atoms with Crippen LogP contribution in [0.1, 0.15) is 65.7 Å². The van der Waals surface area contributed by atoms with Gasteiger partial charge < -0.3 is 15.0 Å². The van der Waals surface area contributed by atoms with E-state index in [0.29, 0.717) is 12.3 Å². The highest BCUT2D eigenvalue weighted by atomic mass is 19.4. The minimum atomic E-state index is -5.21. The molecule has 1 fully saturated rings. The quantitative estimate of drug-likeness (QED) is 0.671. The number of carbonyl (C=O) groups excluding carboxylic acids is 3. The lowest BCUT2D eigenvalue weighted by atomic mass is 9.85. The second-order valence-electron chi connectivity index (χ2n) is 8.06. The Morgan fingerprint density at radius 1 is 1.24 bits per heavy atom. The minimum absolute atomic E-state index is 0.134. The van der Waals surface area contributed by atoms with Gasteiger partial charge in [0.25, 0.3) is 5.91 Å². The summed E-state index contributed by atoms with van der Waals surface area (Å²) in [6, 6.07) is -0.634. The Balaban J connectivity index is 2.37. The lowest BCUT2D eigenvalue weighted by Gasteiger charge is -2.34. The molecular formula is C20H29F3N2O4. The summed E-state index contributed by atoms with van der Waals surface area (Å²) < 4.78 is 47.4. The zero-order valence-corrected chi connectivity index (χ0v) is 17.3. The van der Waals surface area contributed by atoms with Gasteiger partial charge in [0.05, 0.1) is 7.11 Å². The molecule has 0 bridgehead atoms.